The molecule has 2 aromatic rings. The first kappa shape index (κ1) is 17.7. The molecule has 7 heteroatoms. The first-order valence-electron chi connectivity index (χ1n) is 8.31. The Morgan fingerprint density at radius 1 is 1.19 bits per heavy atom. The van der Waals surface area contributed by atoms with Crippen LogP contribution < -0.4 is 10.1 Å². The van der Waals surface area contributed by atoms with Crippen molar-refractivity contribution < 1.29 is 19.2 Å². The van der Waals surface area contributed by atoms with Gasteiger partial charge in [0.1, 0.15) is 6.61 Å². The number of nitro benzene ring substituents is 1. The van der Waals surface area contributed by atoms with Crippen LogP contribution in [0.25, 0.3) is 0 Å². The Kier molecular flexibility index (Phi) is 5.06. The van der Waals surface area contributed by atoms with Gasteiger partial charge in [0.15, 0.2) is 5.75 Å². The number of hydrogen-bond donors (Lipinski definition) is 1. The molecule has 1 saturated carbocycles. The van der Waals surface area contributed by atoms with Crippen molar-refractivity contribution in [3.63, 3.8) is 0 Å². The highest BCUT2D eigenvalue weighted by molar-refractivity contribution is 5.69. The molecule has 3 rings (SSSR count). The van der Waals surface area contributed by atoms with Gasteiger partial charge in [-0.1, -0.05) is 36.4 Å². The van der Waals surface area contributed by atoms with Crippen molar-refractivity contribution in [2.75, 3.05) is 7.11 Å². The van der Waals surface area contributed by atoms with Crippen molar-refractivity contribution in [2.24, 2.45) is 0 Å². The molecule has 0 unspecified atom stereocenters. The van der Waals surface area contributed by atoms with Gasteiger partial charge in [-0.3, -0.25) is 10.1 Å². The summed E-state index contributed by atoms with van der Waals surface area (Å²) in [6.07, 6.45) is 1.66. The van der Waals surface area contributed by atoms with Gasteiger partial charge in [0.05, 0.1) is 12.0 Å². The summed E-state index contributed by atoms with van der Waals surface area (Å²) in [4.78, 5) is 22.8. The molecule has 7 nitrogen and oxygen atoms in total. The third-order valence-corrected chi connectivity index (χ3v) is 4.42. The third-order valence-electron chi connectivity index (χ3n) is 4.42. The molecule has 2 aromatic carbocycles. The van der Waals surface area contributed by atoms with E-state index in [-0.39, 0.29) is 18.0 Å². The van der Waals surface area contributed by atoms with Crippen molar-refractivity contribution in [1.82, 2.24) is 5.32 Å². The van der Waals surface area contributed by atoms with Crippen LogP contribution in [0, 0.1) is 10.1 Å². The average molecular weight is 356 g/mol. The summed E-state index contributed by atoms with van der Waals surface area (Å²) in [6.45, 7) is 0.205. The van der Waals surface area contributed by atoms with E-state index in [0.29, 0.717) is 6.42 Å². The molecule has 1 aliphatic rings. The fourth-order valence-electron chi connectivity index (χ4n) is 2.85. The first-order chi connectivity index (χ1) is 12.5. The second kappa shape index (κ2) is 7.43. The number of methoxy groups -OCH3 is 1. The van der Waals surface area contributed by atoms with Gasteiger partial charge in [-0.2, -0.15) is 0 Å². The summed E-state index contributed by atoms with van der Waals surface area (Å²) in [6, 6.07) is 14.3. The van der Waals surface area contributed by atoms with E-state index in [1.165, 1.54) is 13.2 Å². The largest absolute Gasteiger partial charge is 0.490 e. The molecular formula is C19H20N2O5. The highest BCUT2D eigenvalue weighted by Crippen LogP contribution is 2.40. The van der Waals surface area contributed by atoms with Gasteiger partial charge in [0.2, 0.25) is 0 Å². The lowest BCUT2D eigenvalue weighted by molar-refractivity contribution is -0.385. The Morgan fingerprint density at radius 2 is 1.92 bits per heavy atom. The molecule has 0 aromatic heterocycles. The molecule has 0 aliphatic heterocycles. The number of amides is 1. The third kappa shape index (κ3) is 4.30. The van der Waals surface area contributed by atoms with Crippen molar-refractivity contribution in [3.8, 4) is 5.75 Å². The average Bonchev–Trinajstić information content (AvgIpc) is 3.39. The lowest BCUT2D eigenvalue weighted by Crippen LogP contribution is -2.38. The topological polar surface area (TPSA) is 90.7 Å². The molecule has 1 amide bonds. The maximum absolute atomic E-state index is 12.1. The van der Waals surface area contributed by atoms with E-state index in [1.807, 2.05) is 30.3 Å². The maximum atomic E-state index is 12.1. The van der Waals surface area contributed by atoms with Gasteiger partial charge in [0, 0.05) is 11.6 Å². The standard InChI is InChI=1S/C19H20N2O5/c1-25-17-8-7-15(11-16(17)21(23)24)12-19(9-10-19)20-18(22)26-13-14-5-3-2-4-6-14/h2-8,11H,9-10,12-13H2,1H3,(H,20,22). The highest BCUT2D eigenvalue weighted by Gasteiger charge is 2.44. The zero-order valence-electron chi connectivity index (χ0n) is 14.4. The quantitative estimate of drug-likeness (QED) is 0.604. The molecule has 0 saturated heterocycles. The molecule has 1 aliphatic carbocycles. The van der Waals surface area contributed by atoms with Gasteiger partial charge in [0.25, 0.3) is 0 Å². The number of carbonyl (C=O) groups excluding carboxylic acids is 1. The summed E-state index contributed by atoms with van der Waals surface area (Å²) in [5, 5.41) is 14.0. The van der Waals surface area contributed by atoms with E-state index >= 15 is 0 Å². The second-order valence-electron chi connectivity index (χ2n) is 6.41. The zero-order valence-corrected chi connectivity index (χ0v) is 14.4. The number of benzene rings is 2. The van der Waals surface area contributed by atoms with Crippen LogP contribution in [0.15, 0.2) is 48.5 Å². The summed E-state index contributed by atoms with van der Waals surface area (Å²) in [5.74, 6) is 0.221. The fourth-order valence-corrected chi connectivity index (χ4v) is 2.85. The minimum Gasteiger partial charge on any atom is -0.490 e. The van der Waals surface area contributed by atoms with E-state index in [2.05, 4.69) is 5.32 Å². The number of ether oxygens (including phenoxy) is 2. The molecule has 0 heterocycles. The summed E-state index contributed by atoms with van der Waals surface area (Å²) >= 11 is 0. The minimum atomic E-state index is -0.477. The minimum absolute atomic E-state index is 0.0764. The fraction of sp³-hybridized carbons (Fsp3) is 0.316. The van der Waals surface area contributed by atoms with Gasteiger partial charge in [-0.15, -0.1) is 0 Å². The number of nitrogens with zero attached hydrogens (tertiary/aromatic N) is 1. The number of rotatable bonds is 7. The van der Waals surface area contributed by atoms with Gasteiger partial charge < -0.3 is 14.8 Å². The van der Waals surface area contributed by atoms with Crippen molar-refractivity contribution in [1.29, 1.82) is 0 Å². The number of hydrogen-bond acceptors (Lipinski definition) is 5. The lowest BCUT2D eigenvalue weighted by atomic mass is 10.0. The van der Waals surface area contributed by atoms with E-state index in [1.54, 1.807) is 12.1 Å². The van der Waals surface area contributed by atoms with E-state index in [0.717, 1.165) is 24.0 Å². The predicted molar refractivity (Wildman–Crippen MR) is 95.1 cm³/mol. The molecule has 26 heavy (non-hydrogen) atoms. The molecular weight excluding hydrogens is 336 g/mol. The Bertz CT molecular complexity index is 803. The zero-order chi connectivity index (χ0) is 18.6. The van der Waals surface area contributed by atoms with Gasteiger partial charge >= 0.3 is 11.8 Å². The van der Waals surface area contributed by atoms with E-state index in [4.69, 9.17) is 9.47 Å². The van der Waals surface area contributed by atoms with E-state index < -0.39 is 16.6 Å². The normalized spacial score (nSPS) is 14.3. The molecule has 0 bridgehead atoms. The Balaban J connectivity index is 1.60. The molecule has 1 N–H and O–H groups in total. The molecule has 136 valence electrons. The number of carbonyl (C=O) groups is 1. The summed E-state index contributed by atoms with van der Waals surface area (Å²) < 4.78 is 10.3. The summed E-state index contributed by atoms with van der Waals surface area (Å²) in [7, 11) is 1.40. The molecule has 0 radical (unpaired) electrons. The number of alkyl carbamates (subject to hydrolysis) is 1. The van der Waals surface area contributed by atoms with Crippen LogP contribution in [-0.4, -0.2) is 23.7 Å². The number of nitro groups is 1. The van der Waals surface area contributed by atoms with Gasteiger partial charge in [-0.05, 0) is 36.5 Å². The molecule has 0 spiro atoms. The Labute approximate surface area is 151 Å². The van der Waals surface area contributed by atoms with Crippen LogP contribution in [-0.2, 0) is 17.8 Å². The van der Waals surface area contributed by atoms with Crippen LogP contribution in [0.4, 0.5) is 10.5 Å². The van der Waals surface area contributed by atoms with Crippen LogP contribution in [0.3, 0.4) is 0 Å². The molecule has 1 fully saturated rings. The Hall–Kier alpha value is -3.09. The van der Waals surface area contributed by atoms with Crippen LogP contribution in [0.2, 0.25) is 0 Å². The predicted octanol–water partition coefficient (Wildman–Crippen LogP) is 3.60. The van der Waals surface area contributed by atoms with Crippen LogP contribution >= 0.6 is 0 Å². The van der Waals surface area contributed by atoms with Crippen molar-refractivity contribution in [3.05, 3.63) is 69.8 Å². The Morgan fingerprint density at radius 3 is 2.54 bits per heavy atom. The van der Waals surface area contributed by atoms with Crippen molar-refractivity contribution >= 4 is 11.8 Å². The SMILES string of the molecule is COc1ccc(CC2(NC(=O)OCc3ccccc3)CC2)cc1[N+](=O)[O-]. The second-order valence-corrected chi connectivity index (χ2v) is 6.41. The maximum Gasteiger partial charge on any atom is 0.407 e. The van der Waals surface area contributed by atoms with Crippen molar-refractivity contribution in [2.45, 2.75) is 31.4 Å². The highest BCUT2D eigenvalue weighted by atomic mass is 16.6. The lowest BCUT2D eigenvalue weighted by Gasteiger charge is -2.17. The first-order valence-corrected chi connectivity index (χ1v) is 8.31. The van der Waals surface area contributed by atoms with Gasteiger partial charge in [-0.25, -0.2) is 4.79 Å². The van der Waals surface area contributed by atoms with Crippen LogP contribution in [0.1, 0.15) is 24.0 Å². The monoisotopic (exact) mass is 356 g/mol. The molecule has 0 atom stereocenters. The smallest absolute Gasteiger partial charge is 0.407 e. The summed E-state index contributed by atoms with van der Waals surface area (Å²) in [5.41, 5.74) is 1.22. The number of nitrogens with one attached hydrogen (secondary N) is 1. The van der Waals surface area contributed by atoms with E-state index in [9.17, 15) is 14.9 Å². The van der Waals surface area contributed by atoms with Crippen LogP contribution in [0.5, 0.6) is 5.75 Å².